The highest BCUT2D eigenvalue weighted by Crippen LogP contribution is 2.34. The number of methoxy groups -OCH3 is 1. The maximum atomic E-state index is 5.14. The van der Waals surface area contributed by atoms with Crippen LogP contribution in [0.2, 0.25) is 0 Å². The second-order valence-electron chi connectivity index (χ2n) is 6.25. The highest BCUT2D eigenvalue weighted by molar-refractivity contribution is 5.70. The van der Waals surface area contributed by atoms with E-state index in [0.29, 0.717) is 13.2 Å². The van der Waals surface area contributed by atoms with Crippen LogP contribution in [0.3, 0.4) is 0 Å². The quantitative estimate of drug-likeness (QED) is 0.686. The molecule has 3 aromatic rings. The molecule has 0 bridgehead atoms. The molecule has 0 saturated carbocycles. The predicted molar refractivity (Wildman–Crippen MR) is 105 cm³/mol. The van der Waals surface area contributed by atoms with Gasteiger partial charge >= 0.3 is 0 Å². The van der Waals surface area contributed by atoms with E-state index in [1.54, 1.807) is 7.11 Å². The van der Waals surface area contributed by atoms with Gasteiger partial charge in [0, 0.05) is 37.5 Å². The monoisotopic (exact) mass is 346 g/mol. The maximum absolute atomic E-state index is 5.14. The molecule has 0 unspecified atom stereocenters. The fourth-order valence-electron chi connectivity index (χ4n) is 3.23. The van der Waals surface area contributed by atoms with E-state index < -0.39 is 0 Å². The number of nitrogens with one attached hydrogen (secondary N) is 1. The number of aromatic nitrogens is 2. The van der Waals surface area contributed by atoms with E-state index in [9.17, 15) is 0 Å². The first-order chi connectivity index (χ1) is 12.8. The summed E-state index contributed by atoms with van der Waals surface area (Å²) < 4.78 is 5.14. The Balaban J connectivity index is 1.73. The fourth-order valence-corrected chi connectivity index (χ4v) is 3.23. The van der Waals surface area contributed by atoms with Gasteiger partial charge in [0.25, 0.3) is 0 Å². The lowest BCUT2D eigenvalue weighted by Gasteiger charge is -2.19. The van der Waals surface area contributed by atoms with Crippen LogP contribution < -0.4 is 10.2 Å². The van der Waals surface area contributed by atoms with Gasteiger partial charge in [-0.2, -0.15) is 4.98 Å². The molecule has 26 heavy (non-hydrogen) atoms. The highest BCUT2D eigenvalue weighted by atomic mass is 16.5. The number of hydrogen-bond acceptors (Lipinski definition) is 5. The molecular formula is C21H22N4O. The van der Waals surface area contributed by atoms with Crippen LogP contribution in [0.4, 0.5) is 17.5 Å². The molecule has 0 aliphatic carbocycles. The van der Waals surface area contributed by atoms with Gasteiger partial charge in [0.15, 0.2) is 0 Å². The van der Waals surface area contributed by atoms with Crippen molar-refractivity contribution >= 4 is 17.5 Å². The number of benzene rings is 2. The zero-order chi connectivity index (χ0) is 17.8. The van der Waals surface area contributed by atoms with E-state index in [1.165, 1.54) is 11.3 Å². The van der Waals surface area contributed by atoms with Gasteiger partial charge < -0.3 is 15.0 Å². The van der Waals surface area contributed by atoms with Crippen LogP contribution in [0.25, 0.3) is 11.3 Å². The van der Waals surface area contributed by atoms with Crippen LogP contribution in [0, 0.1) is 0 Å². The normalized spacial score (nSPS) is 12.9. The summed E-state index contributed by atoms with van der Waals surface area (Å²) in [5, 5.41) is 3.34. The van der Waals surface area contributed by atoms with Gasteiger partial charge in [-0.15, -0.1) is 0 Å². The van der Waals surface area contributed by atoms with E-state index in [1.807, 2.05) is 24.3 Å². The lowest BCUT2D eigenvalue weighted by atomic mass is 10.1. The minimum absolute atomic E-state index is 0.632. The number of hydrogen-bond donors (Lipinski definition) is 1. The molecule has 0 saturated heterocycles. The average molecular weight is 346 g/mol. The fraction of sp³-hybridized carbons (Fsp3) is 0.238. The van der Waals surface area contributed by atoms with Crippen molar-refractivity contribution in [3.8, 4) is 11.3 Å². The highest BCUT2D eigenvalue weighted by Gasteiger charge is 2.23. The predicted octanol–water partition coefficient (Wildman–Crippen LogP) is 3.90. The van der Waals surface area contributed by atoms with Gasteiger partial charge in [-0.05, 0) is 18.1 Å². The third-order valence-corrected chi connectivity index (χ3v) is 4.52. The first-order valence-corrected chi connectivity index (χ1v) is 8.88. The number of ether oxygens (including phenoxy) is 1. The Morgan fingerprint density at radius 2 is 1.85 bits per heavy atom. The van der Waals surface area contributed by atoms with Crippen molar-refractivity contribution in [2.75, 3.05) is 37.0 Å². The smallest absolute Gasteiger partial charge is 0.232 e. The molecule has 0 fully saturated rings. The molecule has 132 valence electrons. The van der Waals surface area contributed by atoms with Crippen LogP contribution in [0.5, 0.6) is 0 Å². The summed E-state index contributed by atoms with van der Waals surface area (Å²) in [4.78, 5) is 11.8. The van der Waals surface area contributed by atoms with Crippen LogP contribution in [-0.4, -0.2) is 36.8 Å². The summed E-state index contributed by atoms with van der Waals surface area (Å²) >= 11 is 0. The summed E-state index contributed by atoms with van der Waals surface area (Å²) in [6.45, 7) is 2.24. The molecule has 4 rings (SSSR count). The van der Waals surface area contributed by atoms with Crippen LogP contribution in [0.15, 0.2) is 60.7 Å². The largest absolute Gasteiger partial charge is 0.383 e. The Labute approximate surface area is 153 Å². The molecule has 5 nitrogen and oxygen atoms in total. The lowest BCUT2D eigenvalue weighted by molar-refractivity contribution is 0.210. The maximum Gasteiger partial charge on any atom is 0.232 e. The topological polar surface area (TPSA) is 50.3 Å². The minimum Gasteiger partial charge on any atom is -0.383 e. The Morgan fingerprint density at radius 3 is 2.69 bits per heavy atom. The molecule has 1 aliphatic rings. The molecule has 1 aromatic heterocycles. The zero-order valence-corrected chi connectivity index (χ0v) is 14.9. The van der Waals surface area contributed by atoms with Crippen molar-refractivity contribution in [1.29, 1.82) is 0 Å². The SMILES string of the molecule is COCCNc1cc(-c2ccccc2)nc(N2CCc3ccccc32)n1. The minimum atomic E-state index is 0.632. The summed E-state index contributed by atoms with van der Waals surface area (Å²) in [5.41, 5.74) is 4.54. The van der Waals surface area contributed by atoms with Gasteiger partial charge in [0.1, 0.15) is 5.82 Å². The van der Waals surface area contributed by atoms with Crippen LogP contribution in [-0.2, 0) is 11.2 Å². The molecule has 1 N–H and O–H groups in total. The summed E-state index contributed by atoms with van der Waals surface area (Å²) in [6.07, 6.45) is 1.02. The van der Waals surface area contributed by atoms with Crippen molar-refractivity contribution in [3.05, 3.63) is 66.2 Å². The average Bonchev–Trinajstić information content (AvgIpc) is 3.13. The molecule has 0 radical (unpaired) electrons. The number of anilines is 3. The van der Waals surface area contributed by atoms with E-state index in [0.717, 1.165) is 36.0 Å². The molecule has 0 atom stereocenters. The number of rotatable bonds is 6. The Morgan fingerprint density at radius 1 is 1.04 bits per heavy atom. The molecule has 0 amide bonds. The van der Waals surface area contributed by atoms with Crippen LogP contribution in [0.1, 0.15) is 5.56 Å². The Hall–Kier alpha value is -2.92. The molecular weight excluding hydrogens is 324 g/mol. The van der Waals surface area contributed by atoms with Gasteiger partial charge in [-0.1, -0.05) is 48.5 Å². The lowest BCUT2D eigenvalue weighted by Crippen LogP contribution is -2.18. The van der Waals surface area contributed by atoms with Crippen molar-refractivity contribution in [1.82, 2.24) is 9.97 Å². The Kier molecular flexibility index (Phi) is 4.80. The van der Waals surface area contributed by atoms with Gasteiger partial charge in [0.05, 0.1) is 12.3 Å². The van der Waals surface area contributed by atoms with Crippen LogP contribution >= 0.6 is 0 Å². The molecule has 5 heteroatoms. The summed E-state index contributed by atoms with van der Waals surface area (Å²) in [7, 11) is 1.70. The second-order valence-corrected chi connectivity index (χ2v) is 6.25. The first kappa shape index (κ1) is 16.5. The zero-order valence-electron chi connectivity index (χ0n) is 14.9. The van der Waals surface area contributed by atoms with E-state index in [-0.39, 0.29) is 0 Å². The standard InChI is InChI=1S/C21H22N4O/c1-26-14-12-22-20-15-18(16-7-3-2-4-8-16)23-21(24-20)25-13-11-17-9-5-6-10-19(17)25/h2-10,15H,11-14H2,1H3,(H,22,23,24). The van der Waals surface area contributed by atoms with Crippen molar-refractivity contribution in [2.45, 2.75) is 6.42 Å². The molecule has 0 spiro atoms. The van der Waals surface area contributed by atoms with E-state index in [2.05, 4.69) is 46.6 Å². The first-order valence-electron chi connectivity index (χ1n) is 8.88. The van der Waals surface area contributed by atoms with Crippen molar-refractivity contribution < 1.29 is 4.74 Å². The van der Waals surface area contributed by atoms with E-state index in [4.69, 9.17) is 14.7 Å². The molecule has 2 aromatic carbocycles. The number of fused-ring (bicyclic) bond motifs is 1. The van der Waals surface area contributed by atoms with Gasteiger partial charge in [-0.3, -0.25) is 0 Å². The van der Waals surface area contributed by atoms with Crippen molar-refractivity contribution in [2.24, 2.45) is 0 Å². The molecule has 1 aliphatic heterocycles. The van der Waals surface area contributed by atoms with Gasteiger partial charge in [-0.25, -0.2) is 4.98 Å². The number of nitrogens with zero attached hydrogens (tertiary/aromatic N) is 3. The van der Waals surface area contributed by atoms with Crippen molar-refractivity contribution in [3.63, 3.8) is 0 Å². The number of para-hydroxylation sites is 1. The molecule has 2 heterocycles. The third-order valence-electron chi connectivity index (χ3n) is 4.52. The third kappa shape index (κ3) is 3.39. The Bertz CT molecular complexity index is 882. The second kappa shape index (κ2) is 7.54. The van der Waals surface area contributed by atoms with E-state index >= 15 is 0 Å². The van der Waals surface area contributed by atoms with Gasteiger partial charge in [0.2, 0.25) is 5.95 Å². The summed E-state index contributed by atoms with van der Waals surface area (Å²) in [5.74, 6) is 1.55. The summed E-state index contributed by atoms with van der Waals surface area (Å²) in [6, 6.07) is 20.7.